The lowest BCUT2D eigenvalue weighted by Gasteiger charge is -2.17. The van der Waals surface area contributed by atoms with Crippen LogP contribution in [-0.2, 0) is 16.0 Å². The molecule has 0 aromatic carbocycles. The van der Waals surface area contributed by atoms with E-state index in [4.69, 9.17) is 5.26 Å². The van der Waals surface area contributed by atoms with Gasteiger partial charge in [0.1, 0.15) is 11.0 Å². The van der Waals surface area contributed by atoms with E-state index < -0.39 is 37.4 Å². The van der Waals surface area contributed by atoms with E-state index in [1.165, 1.54) is 6.07 Å². The lowest BCUT2D eigenvalue weighted by atomic mass is 10.2. The van der Waals surface area contributed by atoms with Crippen molar-refractivity contribution >= 4 is 9.84 Å². The summed E-state index contributed by atoms with van der Waals surface area (Å²) in [4.78, 5) is 2.50. The van der Waals surface area contributed by atoms with E-state index in [1.54, 1.807) is 0 Å². The maximum absolute atomic E-state index is 13.0. The SMILES string of the molecule is N#Cc1nccc(C(F)(F)F)c1S(=O)(=O)C1CCCC1. The van der Waals surface area contributed by atoms with E-state index in [-0.39, 0.29) is 0 Å². The molecule has 0 bridgehead atoms. The molecule has 0 aliphatic heterocycles. The molecule has 4 nitrogen and oxygen atoms in total. The van der Waals surface area contributed by atoms with Crippen LogP contribution in [0.4, 0.5) is 13.2 Å². The van der Waals surface area contributed by atoms with Crippen LogP contribution in [-0.4, -0.2) is 18.7 Å². The lowest BCUT2D eigenvalue weighted by molar-refractivity contribution is -0.140. The summed E-state index contributed by atoms with van der Waals surface area (Å²) in [7, 11) is -4.20. The summed E-state index contributed by atoms with van der Waals surface area (Å²) in [6.07, 6.45) is -2.08. The van der Waals surface area contributed by atoms with Gasteiger partial charge in [-0.05, 0) is 18.9 Å². The Labute approximate surface area is 114 Å². The Bertz CT molecular complexity index is 656. The highest BCUT2D eigenvalue weighted by molar-refractivity contribution is 7.92. The number of nitrogens with zero attached hydrogens (tertiary/aromatic N) is 2. The first kappa shape index (κ1) is 14.8. The average molecular weight is 304 g/mol. The molecule has 1 aromatic rings. The number of sulfone groups is 1. The van der Waals surface area contributed by atoms with E-state index in [0.29, 0.717) is 31.7 Å². The molecule has 0 saturated heterocycles. The third-order valence-electron chi connectivity index (χ3n) is 3.34. The Hall–Kier alpha value is -1.62. The largest absolute Gasteiger partial charge is 0.417 e. The first-order valence-electron chi connectivity index (χ1n) is 5.98. The number of halogens is 3. The summed E-state index contributed by atoms with van der Waals surface area (Å²) >= 11 is 0. The van der Waals surface area contributed by atoms with E-state index >= 15 is 0 Å². The summed E-state index contributed by atoms with van der Waals surface area (Å²) in [5.74, 6) is 0. The molecule has 0 amide bonds. The Morgan fingerprint density at radius 2 is 1.90 bits per heavy atom. The summed E-state index contributed by atoms with van der Waals surface area (Å²) in [6, 6.07) is 2.05. The molecule has 108 valence electrons. The van der Waals surface area contributed by atoms with Crippen LogP contribution in [0.5, 0.6) is 0 Å². The van der Waals surface area contributed by atoms with E-state index in [1.807, 2.05) is 0 Å². The minimum Gasteiger partial charge on any atom is -0.244 e. The van der Waals surface area contributed by atoms with Gasteiger partial charge in [0.2, 0.25) is 0 Å². The second kappa shape index (κ2) is 5.05. The smallest absolute Gasteiger partial charge is 0.244 e. The van der Waals surface area contributed by atoms with Crippen LogP contribution in [0.15, 0.2) is 17.2 Å². The topological polar surface area (TPSA) is 70.8 Å². The summed E-state index contributed by atoms with van der Waals surface area (Å²) in [5, 5.41) is 8.01. The molecule has 0 unspecified atom stereocenters. The summed E-state index contributed by atoms with van der Waals surface area (Å²) in [5.41, 5.74) is -2.00. The zero-order chi connectivity index (χ0) is 15.0. The number of hydrogen-bond donors (Lipinski definition) is 0. The predicted molar refractivity (Wildman–Crippen MR) is 63.4 cm³/mol. The Morgan fingerprint density at radius 1 is 1.30 bits per heavy atom. The predicted octanol–water partition coefficient (Wildman–Crippen LogP) is 2.69. The second-order valence-electron chi connectivity index (χ2n) is 4.60. The van der Waals surface area contributed by atoms with Crippen LogP contribution < -0.4 is 0 Å². The highest BCUT2D eigenvalue weighted by Crippen LogP contribution is 2.39. The van der Waals surface area contributed by atoms with Gasteiger partial charge in [0.05, 0.1) is 10.8 Å². The molecule has 1 heterocycles. The van der Waals surface area contributed by atoms with Crippen LogP contribution in [0.3, 0.4) is 0 Å². The molecule has 20 heavy (non-hydrogen) atoms. The van der Waals surface area contributed by atoms with Crippen LogP contribution >= 0.6 is 0 Å². The molecule has 0 N–H and O–H groups in total. The zero-order valence-corrected chi connectivity index (χ0v) is 11.1. The Kier molecular flexibility index (Phi) is 3.73. The maximum Gasteiger partial charge on any atom is 0.417 e. The minimum atomic E-state index is -4.84. The van der Waals surface area contributed by atoms with Gasteiger partial charge in [-0.1, -0.05) is 12.8 Å². The number of rotatable bonds is 2. The van der Waals surface area contributed by atoms with Crippen LogP contribution in [0.1, 0.15) is 36.9 Å². The fraction of sp³-hybridized carbons (Fsp3) is 0.500. The van der Waals surface area contributed by atoms with Gasteiger partial charge in [-0.2, -0.15) is 18.4 Å². The van der Waals surface area contributed by atoms with Gasteiger partial charge in [0, 0.05) is 6.20 Å². The number of nitriles is 1. The molecule has 2 rings (SSSR count). The van der Waals surface area contributed by atoms with Crippen molar-refractivity contribution in [3.63, 3.8) is 0 Å². The minimum absolute atomic E-state index is 0.319. The molecular weight excluding hydrogens is 293 g/mol. The van der Waals surface area contributed by atoms with Gasteiger partial charge in [-0.15, -0.1) is 0 Å². The quantitative estimate of drug-likeness (QED) is 0.842. The zero-order valence-electron chi connectivity index (χ0n) is 10.3. The van der Waals surface area contributed by atoms with Gasteiger partial charge in [-0.3, -0.25) is 0 Å². The summed E-state index contributed by atoms with van der Waals surface area (Å²) < 4.78 is 63.7. The van der Waals surface area contributed by atoms with E-state index in [9.17, 15) is 21.6 Å². The fourth-order valence-corrected chi connectivity index (χ4v) is 4.55. The molecule has 1 aliphatic rings. The number of aromatic nitrogens is 1. The Balaban J connectivity index is 2.69. The Morgan fingerprint density at radius 3 is 2.40 bits per heavy atom. The molecule has 0 atom stereocenters. The van der Waals surface area contributed by atoms with Crippen molar-refractivity contribution in [3.05, 3.63) is 23.5 Å². The van der Waals surface area contributed by atoms with Crippen LogP contribution in [0.2, 0.25) is 0 Å². The lowest BCUT2D eigenvalue weighted by Crippen LogP contribution is -2.23. The molecule has 1 saturated carbocycles. The van der Waals surface area contributed by atoms with Crippen LogP contribution in [0, 0.1) is 11.3 Å². The van der Waals surface area contributed by atoms with Crippen molar-refractivity contribution in [2.45, 2.75) is 42.0 Å². The highest BCUT2D eigenvalue weighted by Gasteiger charge is 2.42. The van der Waals surface area contributed by atoms with E-state index in [0.717, 1.165) is 6.20 Å². The maximum atomic E-state index is 13.0. The third-order valence-corrected chi connectivity index (χ3v) is 5.67. The van der Waals surface area contributed by atoms with E-state index in [2.05, 4.69) is 4.98 Å². The first-order chi connectivity index (χ1) is 9.28. The number of alkyl halides is 3. The number of pyridine rings is 1. The van der Waals surface area contributed by atoms with Crippen molar-refractivity contribution in [1.82, 2.24) is 4.98 Å². The van der Waals surface area contributed by atoms with Gasteiger partial charge in [0.25, 0.3) is 0 Å². The fourth-order valence-electron chi connectivity index (χ4n) is 2.40. The van der Waals surface area contributed by atoms with Crippen molar-refractivity contribution in [3.8, 4) is 6.07 Å². The molecule has 1 aromatic heterocycles. The summed E-state index contributed by atoms with van der Waals surface area (Å²) in [6.45, 7) is 0. The highest BCUT2D eigenvalue weighted by atomic mass is 32.2. The molecule has 0 spiro atoms. The standard InChI is InChI=1S/C12H11F3N2O2S/c13-12(14,15)9-5-6-17-10(7-16)11(9)20(18,19)8-3-1-2-4-8/h5-6,8H,1-4H2. The number of hydrogen-bond acceptors (Lipinski definition) is 4. The molecular formula is C12H11F3N2O2S. The van der Waals surface area contributed by atoms with Crippen molar-refractivity contribution in [2.75, 3.05) is 0 Å². The molecule has 0 radical (unpaired) electrons. The van der Waals surface area contributed by atoms with Crippen molar-refractivity contribution in [2.24, 2.45) is 0 Å². The molecule has 8 heteroatoms. The van der Waals surface area contributed by atoms with Crippen LogP contribution in [0.25, 0.3) is 0 Å². The first-order valence-corrected chi connectivity index (χ1v) is 7.53. The van der Waals surface area contributed by atoms with Gasteiger partial charge >= 0.3 is 6.18 Å². The van der Waals surface area contributed by atoms with Crippen molar-refractivity contribution in [1.29, 1.82) is 5.26 Å². The monoisotopic (exact) mass is 304 g/mol. The average Bonchev–Trinajstić information content (AvgIpc) is 2.91. The van der Waals surface area contributed by atoms with Gasteiger partial charge in [0.15, 0.2) is 15.5 Å². The van der Waals surface area contributed by atoms with Gasteiger partial charge in [-0.25, -0.2) is 13.4 Å². The molecule has 1 fully saturated rings. The molecule has 1 aliphatic carbocycles. The van der Waals surface area contributed by atoms with Crippen molar-refractivity contribution < 1.29 is 21.6 Å². The van der Waals surface area contributed by atoms with Gasteiger partial charge < -0.3 is 0 Å². The normalized spacial score (nSPS) is 17.1. The third kappa shape index (κ3) is 2.50. The second-order valence-corrected chi connectivity index (χ2v) is 6.76.